The highest BCUT2D eigenvalue weighted by Crippen LogP contribution is 2.30. The third-order valence-corrected chi connectivity index (χ3v) is 4.31. The van der Waals surface area contributed by atoms with E-state index in [0.717, 1.165) is 28.5 Å². The lowest BCUT2D eigenvalue weighted by Crippen LogP contribution is -2.04. The normalized spacial score (nSPS) is 11.2. The van der Waals surface area contributed by atoms with Crippen LogP contribution >= 0.6 is 0 Å². The van der Waals surface area contributed by atoms with Gasteiger partial charge in [0.2, 0.25) is 0 Å². The predicted molar refractivity (Wildman–Crippen MR) is 104 cm³/mol. The van der Waals surface area contributed by atoms with Gasteiger partial charge in [-0.05, 0) is 47.9 Å². The molecule has 0 aliphatic rings. The number of hydrogen-bond donors (Lipinski definition) is 1. The van der Waals surface area contributed by atoms with Crippen LogP contribution in [0.5, 0.6) is 0 Å². The molecule has 7 heteroatoms. The van der Waals surface area contributed by atoms with Crippen molar-refractivity contribution < 1.29 is 13.2 Å². The Balaban J connectivity index is 1.60. The second kappa shape index (κ2) is 7.32. The average Bonchev–Trinajstić information content (AvgIpc) is 3.34. The quantitative estimate of drug-likeness (QED) is 0.494. The predicted octanol–water partition coefficient (Wildman–Crippen LogP) is 4.90. The van der Waals surface area contributed by atoms with E-state index in [2.05, 4.69) is 26.9 Å². The SMILES string of the molecule is Cn1cc(-c2ccncc2)c(-c2ccc(C#Cc3ccc(C(F)(F)F)[nH]3)cc2)n1. The number of nitrogens with one attached hydrogen (secondary N) is 1. The van der Waals surface area contributed by atoms with Crippen LogP contribution in [0.15, 0.2) is 67.1 Å². The number of rotatable bonds is 2. The minimum absolute atomic E-state index is 0.214. The Hall–Kier alpha value is -3.79. The number of aromatic nitrogens is 4. The molecule has 0 aliphatic heterocycles. The molecule has 0 saturated carbocycles. The molecule has 0 atom stereocenters. The summed E-state index contributed by atoms with van der Waals surface area (Å²) in [5.74, 6) is 5.60. The summed E-state index contributed by atoms with van der Waals surface area (Å²) in [6.07, 6.45) is 1.00. The molecule has 3 heterocycles. The lowest BCUT2D eigenvalue weighted by Gasteiger charge is -2.03. The summed E-state index contributed by atoms with van der Waals surface area (Å²) < 4.78 is 39.7. The molecule has 0 amide bonds. The summed E-state index contributed by atoms with van der Waals surface area (Å²) in [5, 5.41) is 4.55. The molecule has 29 heavy (non-hydrogen) atoms. The molecule has 144 valence electrons. The van der Waals surface area contributed by atoms with Gasteiger partial charge in [-0.15, -0.1) is 0 Å². The lowest BCUT2D eigenvalue weighted by molar-refractivity contribution is -0.140. The van der Waals surface area contributed by atoms with Gasteiger partial charge < -0.3 is 4.98 Å². The summed E-state index contributed by atoms with van der Waals surface area (Å²) in [6, 6.07) is 13.6. The molecule has 0 radical (unpaired) electrons. The highest BCUT2D eigenvalue weighted by molar-refractivity contribution is 5.80. The largest absolute Gasteiger partial charge is 0.431 e. The summed E-state index contributed by atoms with van der Waals surface area (Å²) in [6.45, 7) is 0. The smallest absolute Gasteiger partial charge is 0.345 e. The number of aromatic amines is 1. The Morgan fingerprint density at radius 2 is 1.62 bits per heavy atom. The van der Waals surface area contributed by atoms with Gasteiger partial charge in [-0.2, -0.15) is 18.3 Å². The van der Waals surface area contributed by atoms with Gasteiger partial charge in [0, 0.05) is 42.3 Å². The van der Waals surface area contributed by atoms with E-state index in [1.807, 2.05) is 49.6 Å². The Labute approximate surface area is 165 Å². The zero-order chi connectivity index (χ0) is 20.4. The minimum atomic E-state index is -4.41. The number of benzene rings is 1. The van der Waals surface area contributed by atoms with Crippen LogP contribution in [0.1, 0.15) is 17.0 Å². The molecule has 1 N–H and O–H groups in total. The topological polar surface area (TPSA) is 46.5 Å². The third kappa shape index (κ3) is 4.06. The highest BCUT2D eigenvalue weighted by Gasteiger charge is 2.31. The molecule has 4 aromatic rings. The van der Waals surface area contributed by atoms with E-state index in [4.69, 9.17) is 0 Å². The van der Waals surface area contributed by atoms with Crippen molar-refractivity contribution >= 4 is 0 Å². The molecular weight excluding hydrogens is 377 g/mol. The monoisotopic (exact) mass is 392 g/mol. The molecule has 3 aromatic heterocycles. The maximum Gasteiger partial charge on any atom is 0.431 e. The second-order valence-corrected chi connectivity index (χ2v) is 6.41. The van der Waals surface area contributed by atoms with Gasteiger partial charge >= 0.3 is 6.18 Å². The van der Waals surface area contributed by atoms with E-state index < -0.39 is 11.9 Å². The van der Waals surface area contributed by atoms with Crippen molar-refractivity contribution in [3.8, 4) is 34.2 Å². The maximum atomic E-state index is 12.6. The van der Waals surface area contributed by atoms with Gasteiger partial charge in [0.25, 0.3) is 0 Å². The van der Waals surface area contributed by atoms with Gasteiger partial charge in [0.05, 0.1) is 5.69 Å². The summed E-state index contributed by atoms with van der Waals surface area (Å²) in [4.78, 5) is 6.32. The first-order chi connectivity index (χ1) is 13.9. The fraction of sp³-hybridized carbons (Fsp3) is 0.0909. The van der Waals surface area contributed by atoms with Crippen LogP contribution in [0, 0.1) is 11.8 Å². The van der Waals surface area contributed by atoms with Crippen molar-refractivity contribution in [2.24, 2.45) is 7.05 Å². The van der Waals surface area contributed by atoms with Crippen LogP contribution in [0.25, 0.3) is 22.4 Å². The average molecular weight is 392 g/mol. The van der Waals surface area contributed by atoms with Crippen LogP contribution < -0.4 is 0 Å². The van der Waals surface area contributed by atoms with E-state index in [1.165, 1.54) is 6.07 Å². The number of hydrogen-bond acceptors (Lipinski definition) is 2. The fourth-order valence-electron chi connectivity index (χ4n) is 2.93. The highest BCUT2D eigenvalue weighted by atomic mass is 19.4. The van der Waals surface area contributed by atoms with Crippen LogP contribution in [0.4, 0.5) is 13.2 Å². The number of pyridine rings is 1. The number of alkyl halides is 3. The van der Waals surface area contributed by atoms with Gasteiger partial charge in [-0.1, -0.05) is 18.1 Å². The van der Waals surface area contributed by atoms with Crippen molar-refractivity contribution in [3.63, 3.8) is 0 Å². The minimum Gasteiger partial charge on any atom is -0.345 e. The standard InChI is InChI=1S/C22H15F3N4/c1-29-14-19(16-10-12-26-13-11-16)21(28-29)17-5-2-15(3-6-17)4-7-18-8-9-20(27-18)22(23,24)25/h2-3,5-6,8-14,27H,1H3. The molecule has 0 fully saturated rings. The zero-order valence-electron chi connectivity index (χ0n) is 15.3. The molecule has 4 rings (SSSR count). The van der Waals surface area contributed by atoms with Crippen LogP contribution in [0.2, 0.25) is 0 Å². The molecule has 1 aromatic carbocycles. The molecule has 4 nitrogen and oxygen atoms in total. The molecule has 0 bridgehead atoms. The summed E-state index contributed by atoms with van der Waals surface area (Å²) >= 11 is 0. The number of halogens is 3. The van der Waals surface area contributed by atoms with Crippen molar-refractivity contribution in [3.05, 3.63) is 84.1 Å². The van der Waals surface area contributed by atoms with Gasteiger partial charge in [0.1, 0.15) is 11.4 Å². The van der Waals surface area contributed by atoms with Gasteiger partial charge in [-0.25, -0.2) is 0 Å². The Morgan fingerprint density at radius 1 is 0.897 bits per heavy atom. The first-order valence-electron chi connectivity index (χ1n) is 8.73. The van der Waals surface area contributed by atoms with Crippen molar-refractivity contribution in [2.45, 2.75) is 6.18 Å². The number of H-pyrrole nitrogens is 1. The Bertz CT molecular complexity index is 1190. The van der Waals surface area contributed by atoms with E-state index in [9.17, 15) is 13.2 Å². The van der Waals surface area contributed by atoms with Crippen LogP contribution in [0.3, 0.4) is 0 Å². The maximum absolute atomic E-state index is 12.6. The van der Waals surface area contributed by atoms with Crippen LogP contribution in [-0.2, 0) is 13.2 Å². The van der Waals surface area contributed by atoms with Crippen molar-refractivity contribution in [1.82, 2.24) is 19.7 Å². The van der Waals surface area contributed by atoms with E-state index in [-0.39, 0.29) is 5.69 Å². The van der Waals surface area contributed by atoms with Crippen LogP contribution in [-0.4, -0.2) is 19.7 Å². The lowest BCUT2D eigenvalue weighted by atomic mass is 10.0. The van der Waals surface area contributed by atoms with E-state index in [0.29, 0.717) is 5.56 Å². The number of aryl methyl sites for hydroxylation is 1. The second-order valence-electron chi connectivity index (χ2n) is 6.41. The fourth-order valence-corrected chi connectivity index (χ4v) is 2.93. The first-order valence-corrected chi connectivity index (χ1v) is 8.73. The van der Waals surface area contributed by atoms with Crippen molar-refractivity contribution in [1.29, 1.82) is 0 Å². The molecule has 0 unspecified atom stereocenters. The molecule has 0 saturated heterocycles. The molecular formula is C22H15F3N4. The summed E-state index contributed by atoms with van der Waals surface area (Å²) in [5.41, 5.74) is 3.85. The third-order valence-electron chi connectivity index (χ3n) is 4.31. The van der Waals surface area contributed by atoms with E-state index in [1.54, 1.807) is 17.1 Å². The number of nitrogens with zero attached hydrogens (tertiary/aromatic N) is 3. The first kappa shape index (κ1) is 18.6. The Morgan fingerprint density at radius 3 is 2.28 bits per heavy atom. The van der Waals surface area contributed by atoms with Gasteiger partial charge in [0.15, 0.2) is 0 Å². The van der Waals surface area contributed by atoms with Gasteiger partial charge in [-0.3, -0.25) is 9.67 Å². The van der Waals surface area contributed by atoms with E-state index >= 15 is 0 Å². The summed E-state index contributed by atoms with van der Waals surface area (Å²) in [7, 11) is 1.86. The molecule has 0 spiro atoms. The molecule has 0 aliphatic carbocycles. The zero-order valence-corrected chi connectivity index (χ0v) is 15.3. The van der Waals surface area contributed by atoms with Crippen molar-refractivity contribution in [2.75, 3.05) is 0 Å². The Kier molecular flexibility index (Phi) is 4.69.